The molecule has 2 aromatic heterocycles. The third-order valence-electron chi connectivity index (χ3n) is 5.15. The number of hydrogen-bond acceptors (Lipinski definition) is 7. The highest BCUT2D eigenvalue weighted by atomic mass is 32.1. The van der Waals surface area contributed by atoms with E-state index >= 15 is 0 Å². The third-order valence-corrected chi connectivity index (χ3v) is 6.32. The van der Waals surface area contributed by atoms with Gasteiger partial charge in [0, 0.05) is 57.5 Å². The lowest BCUT2D eigenvalue weighted by Gasteiger charge is -2.34. The largest absolute Gasteiger partial charge is 0.385 e. The van der Waals surface area contributed by atoms with Crippen molar-refractivity contribution < 1.29 is 14.3 Å². The lowest BCUT2D eigenvalue weighted by Crippen LogP contribution is -2.51. The number of aryl methyl sites for hydroxylation is 3. The minimum absolute atomic E-state index is 0.0191. The maximum Gasteiger partial charge on any atom is 0.264 e. The minimum Gasteiger partial charge on any atom is -0.385 e. The molecule has 2 amide bonds. The highest BCUT2D eigenvalue weighted by molar-refractivity contribution is 7.20. The number of aromatic nitrogens is 2. The third kappa shape index (κ3) is 5.09. The van der Waals surface area contributed by atoms with Gasteiger partial charge in [-0.2, -0.15) is 0 Å². The average Bonchev–Trinajstić information content (AvgIpc) is 3.01. The fourth-order valence-corrected chi connectivity index (χ4v) is 4.88. The number of hydrogen-bond donors (Lipinski definition) is 1. The summed E-state index contributed by atoms with van der Waals surface area (Å²) in [6, 6.07) is 0. The summed E-state index contributed by atoms with van der Waals surface area (Å²) >= 11 is 1.45. The first-order valence-corrected chi connectivity index (χ1v) is 10.7. The molecule has 2 aromatic rings. The SMILES string of the molecule is COCCCNC(=O)CN1CCN(C(=O)c2sc3nc(C)nc(C)c3c2C)CC1. The molecule has 1 saturated heterocycles. The molecule has 0 aromatic carbocycles. The van der Waals surface area contributed by atoms with Crippen LogP contribution in [0.1, 0.15) is 33.2 Å². The summed E-state index contributed by atoms with van der Waals surface area (Å²) < 4.78 is 4.98. The van der Waals surface area contributed by atoms with Crippen LogP contribution < -0.4 is 5.32 Å². The Labute approximate surface area is 175 Å². The number of rotatable bonds is 7. The molecule has 0 atom stereocenters. The fraction of sp³-hybridized carbons (Fsp3) is 0.600. The van der Waals surface area contributed by atoms with E-state index in [9.17, 15) is 9.59 Å². The second-order valence-electron chi connectivity index (χ2n) is 7.36. The zero-order valence-electron chi connectivity index (χ0n) is 17.6. The van der Waals surface area contributed by atoms with Gasteiger partial charge in [0.25, 0.3) is 5.91 Å². The summed E-state index contributed by atoms with van der Waals surface area (Å²) in [4.78, 5) is 39.6. The van der Waals surface area contributed by atoms with Crippen LogP contribution in [-0.2, 0) is 9.53 Å². The second-order valence-corrected chi connectivity index (χ2v) is 8.36. The lowest BCUT2D eigenvalue weighted by atomic mass is 10.1. The van der Waals surface area contributed by atoms with E-state index in [0.29, 0.717) is 45.9 Å². The van der Waals surface area contributed by atoms with Gasteiger partial charge < -0.3 is 15.0 Å². The number of nitrogens with one attached hydrogen (secondary N) is 1. The highest BCUT2D eigenvalue weighted by Gasteiger charge is 2.27. The summed E-state index contributed by atoms with van der Waals surface area (Å²) in [5.74, 6) is 0.793. The first-order chi connectivity index (χ1) is 13.9. The van der Waals surface area contributed by atoms with Crippen LogP contribution in [0.5, 0.6) is 0 Å². The summed E-state index contributed by atoms with van der Waals surface area (Å²) in [5, 5.41) is 3.90. The summed E-state index contributed by atoms with van der Waals surface area (Å²) in [7, 11) is 1.65. The number of thiophene rings is 1. The molecule has 0 unspecified atom stereocenters. The van der Waals surface area contributed by atoms with Crippen molar-refractivity contribution in [1.82, 2.24) is 25.1 Å². The number of ether oxygens (including phenoxy) is 1. The molecule has 1 aliphatic rings. The molecular weight excluding hydrogens is 390 g/mol. The maximum atomic E-state index is 13.1. The van der Waals surface area contributed by atoms with E-state index in [1.807, 2.05) is 25.7 Å². The predicted octanol–water partition coefficient (Wildman–Crippen LogP) is 1.53. The Morgan fingerprint density at radius 3 is 2.55 bits per heavy atom. The summed E-state index contributed by atoms with van der Waals surface area (Å²) in [5.41, 5.74) is 1.88. The first-order valence-electron chi connectivity index (χ1n) is 9.92. The second kappa shape index (κ2) is 9.60. The molecule has 158 valence electrons. The van der Waals surface area contributed by atoms with Gasteiger partial charge in [0.1, 0.15) is 10.7 Å². The molecule has 1 N–H and O–H groups in total. The minimum atomic E-state index is 0.0191. The summed E-state index contributed by atoms with van der Waals surface area (Å²) in [6.45, 7) is 10.1. The molecule has 3 heterocycles. The zero-order valence-corrected chi connectivity index (χ0v) is 18.4. The number of fused-ring (bicyclic) bond motifs is 1. The van der Waals surface area contributed by atoms with Gasteiger partial charge >= 0.3 is 0 Å². The Morgan fingerprint density at radius 1 is 1.14 bits per heavy atom. The number of carbonyl (C=O) groups is 2. The van der Waals surface area contributed by atoms with Gasteiger partial charge in [0.2, 0.25) is 5.91 Å². The van der Waals surface area contributed by atoms with Crippen LogP contribution >= 0.6 is 11.3 Å². The van der Waals surface area contributed by atoms with Crippen LogP contribution in [0.25, 0.3) is 10.2 Å². The standard InChI is InChI=1S/C20H29N5O3S/c1-13-17-14(2)22-15(3)23-19(17)29-18(13)20(27)25-9-7-24(8-10-25)12-16(26)21-6-5-11-28-4/h5-12H2,1-4H3,(H,21,26). The molecule has 0 radical (unpaired) electrons. The van der Waals surface area contributed by atoms with Crippen molar-refractivity contribution in [2.75, 3.05) is 53.0 Å². The van der Waals surface area contributed by atoms with Crippen molar-refractivity contribution in [2.24, 2.45) is 0 Å². The van der Waals surface area contributed by atoms with E-state index in [1.54, 1.807) is 7.11 Å². The van der Waals surface area contributed by atoms with Crippen LogP contribution in [0.2, 0.25) is 0 Å². The number of methoxy groups -OCH3 is 1. The maximum absolute atomic E-state index is 13.1. The van der Waals surface area contributed by atoms with Gasteiger partial charge in [-0.3, -0.25) is 14.5 Å². The Kier molecular flexibility index (Phi) is 7.15. The number of nitrogens with zero attached hydrogens (tertiary/aromatic N) is 4. The molecule has 1 aliphatic heterocycles. The smallest absolute Gasteiger partial charge is 0.264 e. The Morgan fingerprint density at radius 2 is 1.86 bits per heavy atom. The van der Waals surface area contributed by atoms with E-state index in [-0.39, 0.29) is 11.8 Å². The first kappa shape index (κ1) is 21.6. The number of amides is 2. The molecule has 3 rings (SSSR count). The van der Waals surface area contributed by atoms with Crippen molar-refractivity contribution in [3.63, 3.8) is 0 Å². The molecule has 9 heteroatoms. The summed E-state index contributed by atoms with van der Waals surface area (Å²) in [6.07, 6.45) is 0.808. The van der Waals surface area contributed by atoms with Gasteiger partial charge in [-0.1, -0.05) is 0 Å². The molecule has 0 aliphatic carbocycles. The van der Waals surface area contributed by atoms with Crippen LogP contribution in [0.3, 0.4) is 0 Å². The van der Waals surface area contributed by atoms with Crippen molar-refractivity contribution in [3.05, 3.63) is 22.0 Å². The van der Waals surface area contributed by atoms with Crippen molar-refractivity contribution >= 4 is 33.4 Å². The van der Waals surface area contributed by atoms with Crippen LogP contribution in [-0.4, -0.2) is 84.6 Å². The van der Waals surface area contributed by atoms with E-state index in [4.69, 9.17) is 4.74 Å². The van der Waals surface area contributed by atoms with Gasteiger partial charge in [-0.25, -0.2) is 9.97 Å². The number of carbonyl (C=O) groups excluding carboxylic acids is 2. The normalized spacial score (nSPS) is 15.1. The van der Waals surface area contributed by atoms with E-state index in [2.05, 4.69) is 20.2 Å². The van der Waals surface area contributed by atoms with E-state index in [0.717, 1.165) is 38.6 Å². The van der Waals surface area contributed by atoms with Gasteiger partial charge in [-0.05, 0) is 32.8 Å². The van der Waals surface area contributed by atoms with Crippen molar-refractivity contribution in [3.8, 4) is 0 Å². The van der Waals surface area contributed by atoms with E-state index < -0.39 is 0 Å². The molecule has 1 fully saturated rings. The zero-order chi connectivity index (χ0) is 21.0. The topological polar surface area (TPSA) is 87.7 Å². The van der Waals surface area contributed by atoms with Crippen LogP contribution in [0, 0.1) is 20.8 Å². The predicted molar refractivity (Wildman–Crippen MR) is 113 cm³/mol. The molecule has 0 saturated carbocycles. The average molecular weight is 420 g/mol. The lowest BCUT2D eigenvalue weighted by molar-refractivity contribution is -0.122. The van der Waals surface area contributed by atoms with E-state index in [1.165, 1.54) is 11.3 Å². The van der Waals surface area contributed by atoms with Crippen molar-refractivity contribution in [2.45, 2.75) is 27.2 Å². The van der Waals surface area contributed by atoms with Crippen LogP contribution in [0.4, 0.5) is 0 Å². The van der Waals surface area contributed by atoms with Crippen LogP contribution in [0.15, 0.2) is 0 Å². The van der Waals surface area contributed by atoms with Gasteiger partial charge in [0.05, 0.1) is 11.4 Å². The fourth-order valence-electron chi connectivity index (χ4n) is 3.63. The Balaban J connectivity index is 1.57. The van der Waals surface area contributed by atoms with Gasteiger partial charge in [0.15, 0.2) is 0 Å². The Bertz CT molecular complexity index is 890. The quantitative estimate of drug-likeness (QED) is 0.685. The van der Waals surface area contributed by atoms with Crippen molar-refractivity contribution in [1.29, 1.82) is 0 Å². The molecule has 0 bridgehead atoms. The molecule has 0 spiro atoms. The van der Waals surface area contributed by atoms with Gasteiger partial charge in [-0.15, -0.1) is 11.3 Å². The molecular formula is C20H29N5O3S. The monoisotopic (exact) mass is 419 g/mol. The Hall–Kier alpha value is -2.10. The molecule has 8 nitrogen and oxygen atoms in total. The highest BCUT2D eigenvalue weighted by Crippen LogP contribution is 2.32. The number of piperazine rings is 1. The molecule has 29 heavy (non-hydrogen) atoms.